The molecule has 0 bridgehead atoms. The van der Waals surface area contributed by atoms with Crippen LogP contribution in [0.1, 0.15) is 85.7 Å². The van der Waals surface area contributed by atoms with Gasteiger partial charge in [0.25, 0.3) is 0 Å². The van der Waals surface area contributed by atoms with Gasteiger partial charge in [0.05, 0.1) is 7.11 Å². The lowest BCUT2D eigenvalue weighted by Crippen LogP contribution is -2.42. The number of amides is 1. The largest absolute Gasteiger partial charge is 0.508 e. The van der Waals surface area contributed by atoms with E-state index in [0.717, 1.165) is 29.7 Å². The number of ether oxygens (including phenoxy) is 1. The van der Waals surface area contributed by atoms with E-state index in [1.54, 1.807) is 43.5 Å². The molecule has 5 nitrogen and oxygen atoms in total. The summed E-state index contributed by atoms with van der Waals surface area (Å²) in [5.41, 5.74) is 2.94. The lowest BCUT2D eigenvalue weighted by Gasteiger charge is -2.36. The van der Waals surface area contributed by atoms with Gasteiger partial charge in [-0.2, -0.15) is 0 Å². The van der Waals surface area contributed by atoms with Crippen LogP contribution in [0.2, 0.25) is 0 Å². The van der Waals surface area contributed by atoms with Gasteiger partial charge in [-0.05, 0) is 79.1 Å². The Bertz CT molecular complexity index is 1180. The predicted octanol–water partition coefficient (Wildman–Crippen LogP) is 7.75. The topological polar surface area (TPSA) is 66.8 Å². The smallest absolute Gasteiger partial charge is 0.223 e. The Hall–Kier alpha value is -3.60. The number of nitrogens with zero attached hydrogens (tertiary/aromatic N) is 1. The highest BCUT2D eigenvalue weighted by atomic mass is 16.5. The number of hydrogen-bond acceptors (Lipinski definition) is 4. The normalized spacial score (nSPS) is 14.4. The zero-order valence-corrected chi connectivity index (χ0v) is 23.8. The zero-order chi connectivity index (χ0) is 28.2. The SMILES string of the molecule is COc1ccc(C(=O)CCCCC(=O)N(Cc2ccccc2)C(Cc2ccc(O)cc2)CC2CCCCC2)cc1. The second-order valence-electron chi connectivity index (χ2n) is 11.1. The molecule has 212 valence electrons. The molecule has 5 heteroatoms. The number of hydrogen-bond donors (Lipinski definition) is 1. The standard InChI is InChI=1S/C35H43NO4/c1-40-33-22-18-30(19-23-33)34(38)14-8-9-15-35(39)36(26-29-12-6-3-7-13-29)31(24-27-10-4-2-5-11-27)25-28-16-20-32(37)21-17-28/h3,6-7,12-13,16-23,27,31,37H,2,4-5,8-11,14-15,24-26H2,1H3. The Labute approximate surface area is 239 Å². The van der Waals surface area contributed by atoms with Crippen LogP contribution in [0.3, 0.4) is 0 Å². The second-order valence-corrected chi connectivity index (χ2v) is 11.1. The van der Waals surface area contributed by atoms with Gasteiger partial charge >= 0.3 is 0 Å². The maximum Gasteiger partial charge on any atom is 0.223 e. The third kappa shape index (κ3) is 8.97. The van der Waals surface area contributed by atoms with E-state index in [0.29, 0.717) is 43.7 Å². The van der Waals surface area contributed by atoms with Crippen molar-refractivity contribution in [3.63, 3.8) is 0 Å². The highest BCUT2D eigenvalue weighted by molar-refractivity contribution is 5.96. The molecule has 4 rings (SSSR count). The summed E-state index contributed by atoms with van der Waals surface area (Å²) in [5.74, 6) is 1.87. The van der Waals surface area contributed by atoms with Crippen molar-refractivity contribution in [2.75, 3.05) is 7.11 Å². The van der Waals surface area contributed by atoms with Crippen molar-refractivity contribution in [2.45, 2.75) is 83.2 Å². The number of benzene rings is 3. The Balaban J connectivity index is 1.44. The zero-order valence-electron chi connectivity index (χ0n) is 23.8. The molecule has 1 saturated carbocycles. The summed E-state index contributed by atoms with van der Waals surface area (Å²) in [5, 5.41) is 9.81. The molecule has 0 radical (unpaired) electrons. The van der Waals surface area contributed by atoms with Gasteiger partial charge in [0.1, 0.15) is 11.5 Å². The minimum Gasteiger partial charge on any atom is -0.508 e. The summed E-state index contributed by atoms with van der Waals surface area (Å²) < 4.78 is 5.18. The van der Waals surface area contributed by atoms with Gasteiger partial charge in [0.2, 0.25) is 5.91 Å². The van der Waals surface area contributed by atoms with Gasteiger partial charge in [-0.25, -0.2) is 0 Å². The number of rotatable bonds is 14. The maximum absolute atomic E-state index is 13.8. The van der Waals surface area contributed by atoms with Crippen LogP contribution in [-0.4, -0.2) is 34.8 Å². The molecule has 1 fully saturated rings. The monoisotopic (exact) mass is 541 g/mol. The fraction of sp³-hybridized carbons (Fsp3) is 0.429. The molecule has 3 aromatic rings. The van der Waals surface area contributed by atoms with Gasteiger partial charge < -0.3 is 14.7 Å². The number of phenolic OH excluding ortho intramolecular Hbond substituents is 1. The highest BCUT2D eigenvalue weighted by Crippen LogP contribution is 2.31. The Morgan fingerprint density at radius 3 is 2.20 bits per heavy atom. The van der Waals surface area contributed by atoms with Crippen LogP contribution >= 0.6 is 0 Å². The quantitative estimate of drug-likeness (QED) is 0.167. The van der Waals surface area contributed by atoms with Crippen molar-refractivity contribution in [3.05, 3.63) is 95.6 Å². The number of carbonyl (C=O) groups is 2. The minimum atomic E-state index is 0.0845. The van der Waals surface area contributed by atoms with Crippen LogP contribution in [0.25, 0.3) is 0 Å². The molecule has 1 aliphatic carbocycles. The van der Waals surface area contributed by atoms with E-state index in [1.165, 1.54) is 32.1 Å². The molecular weight excluding hydrogens is 498 g/mol. The summed E-state index contributed by atoms with van der Waals surface area (Å²) in [7, 11) is 1.61. The summed E-state index contributed by atoms with van der Waals surface area (Å²) in [6, 6.07) is 24.9. The Morgan fingerprint density at radius 1 is 0.850 bits per heavy atom. The van der Waals surface area contributed by atoms with E-state index in [4.69, 9.17) is 4.74 Å². The van der Waals surface area contributed by atoms with Crippen LogP contribution in [0.4, 0.5) is 0 Å². The lowest BCUT2D eigenvalue weighted by atomic mass is 9.83. The number of unbranched alkanes of at least 4 members (excludes halogenated alkanes) is 1. The van der Waals surface area contributed by atoms with Gasteiger partial charge in [-0.1, -0.05) is 74.6 Å². The van der Waals surface area contributed by atoms with Gasteiger partial charge in [-0.3, -0.25) is 9.59 Å². The molecule has 0 spiro atoms. The molecule has 0 saturated heterocycles. The first-order chi connectivity index (χ1) is 19.5. The van der Waals surface area contributed by atoms with Gasteiger partial charge in [-0.15, -0.1) is 0 Å². The van der Waals surface area contributed by atoms with Crippen molar-refractivity contribution in [2.24, 2.45) is 5.92 Å². The van der Waals surface area contributed by atoms with Crippen LogP contribution in [0, 0.1) is 5.92 Å². The first-order valence-electron chi connectivity index (χ1n) is 14.8. The van der Waals surface area contributed by atoms with Crippen molar-refractivity contribution < 1.29 is 19.4 Å². The highest BCUT2D eigenvalue weighted by Gasteiger charge is 2.28. The molecule has 1 amide bonds. The van der Waals surface area contributed by atoms with E-state index in [-0.39, 0.29) is 23.5 Å². The van der Waals surface area contributed by atoms with E-state index < -0.39 is 0 Å². The van der Waals surface area contributed by atoms with Crippen molar-refractivity contribution in [1.29, 1.82) is 0 Å². The molecule has 3 aromatic carbocycles. The fourth-order valence-corrected chi connectivity index (χ4v) is 5.86. The Morgan fingerprint density at radius 2 is 1.52 bits per heavy atom. The number of carbonyl (C=O) groups excluding carboxylic acids is 2. The average Bonchev–Trinajstić information content (AvgIpc) is 3.00. The minimum absolute atomic E-state index is 0.0845. The third-order valence-corrected chi connectivity index (χ3v) is 8.15. The molecular formula is C35H43NO4. The van der Waals surface area contributed by atoms with E-state index >= 15 is 0 Å². The molecule has 1 atom stereocenters. The average molecular weight is 542 g/mol. The van der Waals surface area contributed by atoms with Crippen molar-refractivity contribution in [1.82, 2.24) is 4.90 Å². The van der Waals surface area contributed by atoms with E-state index in [2.05, 4.69) is 17.0 Å². The first kappa shape index (κ1) is 29.4. The number of methoxy groups -OCH3 is 1. The Kier molecular flexibility index (Phi) is 11.2. The summed E-state index contributed by atoms with van der Waals surface area (Å²) >= 11 is 0. The van der Waals surface area contributed by atoms with Crippen molar-refractivity contribution >= 4 is 11.7 Å². The third-order valence-electron chi connectivity index (χ3n) is 8.15. The van der Waals surface area contributed by atoms with E-state index in [1.807, 2.05) is 30.3 Å². The van der Waals surface area contributed by atoms with Gasteiger partial charge in [0, 0.05) is 31.0 Å². The lowest BCUT2D eigenvalue weighted by molar-refractivity contribution is -0.134. The number of ketones is 1. The van der Waals surface area contributed by atoms with Crippen molar-refractivity contribution in [3.8, 4) is 11.5 Å². The van der Waals surface area contributed by atoms with E-state index in [9.17, 15) is 14.7 Å². The molecule has 40 heavy (non-hydrogen) atoms. The predicted molar refractivity (Wildman–Crippen MR) is 160 cm³/mol. The van der Waals surface area contributed by atoms with Crippen LogP contribution in [-0.2, 0) is 17.8 Å². The maximum atomic E-state index is 13.8. The first-order valence-corrected chi connectivity index (χ1v) is 14.8. The van der Waals surface area contributed by atoms with Crippen LogP contribution in [0.5, 0.6) is 11.5 Å². The fourth-order valence-electron chi connectivity index (χ4n) is 5.86. The summed E-state index contributed by atoms with van der Waals surface area (Å²) in [6.07, 6.45) is 10.3. The summed E-state index contributed by atoms with van der Waals surface area (Å²) in [6.45, 7) is 0.583. The molecule has 0 aliphatic heterocycles. The number of aromatic hydroxyl groups is 1. The number of Topliss-reactive ketones (excluding diaryl/α,β-unsaturated/α-hetero) is 1. The van der Waals surface area contributed by atoms with Crippen LogP contribution < -0.4 is 4.74 Å². The molecule has 1 aliphatic rings. The van der Waals surface area contributed by atoms with Crippen LogP contribution in [0.15, 0.2) is 78.9 Å². The second kappa shape index (κ2) is 15.3. The number of phenols is 1. The molecule has 0 heterocycles. The molecule has 1 N–H and O–H groups in total. The molecule has 0 aromatic heterocycles. The van der Waals surface area contributed by atoms with Gasteiger partial charge in [0.15, 0.2) is 5.78 Å². The molecule has 1 unspecified atom stereocenters. The summed E-state index contributed by atoms with van der Waals surface area (Å²) in [4.78, 5) is 28.6.